The maximum absolute atomic E-state index is 12.2. The molecule has 0 heterocycles. The van der Waals surface area contributed by atoms with Gasteiger partial charge in [0.2, 0.25) is 0 Å². The topological polar surface area (TPSA) is 20.3 Å². The summed E-state index contributed by atoms with van der Waals surface area (Å²) in [6.45, 7) is 3.08. The lowest BCUT2D eigenvalue weighted by Crippen LogP contribution is -2.29. The molecule has 0 radical (unpaired) electrons. The Bertz CT molecular complexity index is 449. The Morgan fingerprint density at radius 1 is 1.59 bits per heavy atom. The first-order chi connectivity index (χ1) is 7.99. The zero-order valence-electron chi connectivity index (χ0n) is 9.98. The van der Waals surface area contributed by atoms with Crippen LogP contribution in [0.4, 0.5) is 0 Å². The Morgan fingerprint density at radius 3 is 2.76 bits per heavy atom. The number of carbonyl (C=O) groups excluding carboxylic acids is 1. The van der Waals surface area contributed by atoms with E-state index in [4.69, 9.17) is 0 Å². The van der Waals surface area contributed by atoms with Crippen LogP contribution in [0.1, 0.15) is 23.7 Å². The fourth-order valence-corrected chi connectivity index (χ4v) is 2.83. The van der Waals surface area contributed by atoms with Crippen LogP contribution in [0.25, 0.3) is 0 Å². The fourth-order valence-electron chi connectivity index (χ4n) is 1.98. The Morgan fingerprint density at radius 2 is 2.24 bits per heavy atom. The molecule has 1 saturated carbocycles. The minimum absolute atomic E-state index is 0.0570. The lowest BCUT2D eigenvalue weighted by Gasteiger charge is -2.18. The van der Waals surface area contributed by atoms with Crippen LogP contribution in [0.3, 0.4) is 0 Å². The van der Waals surface area contributed by atoms with Gasteiger partial charge in [0.25, 0.3) is 5.91 Å². The molecule has 2 atom stereocenters. The van der Waals surface area contributed by atoms with Crippen molar-refractivity contribution in [1.29, 1.82) is 0 Å². The molecule has 0 aromatic heterocycles. The van der Waals surface area contributed by atoms with E-state index in [1.165, 1.54) is 6.42 Å². The smallest absolute Gasteiger partial charge is 0.254 e. The summed E-state index contributed by atoms with van der Waals surface area (Å²) >= 11 is 7.71. The number of halogens is 1. The molecular weight excluding hydrogens is 298 g/mol. The zero-order chi connectivity index (χ0) is 12.6. The Labute approximate surface area is 116 Å². The molecule has 92 valence electrons. The molecule has 0 N–H and O–H groups in total. The standard InChI is InChI=1S/C13H16BrNOS/c1-8-5-9(8)7-15(2)13(16)11-4-3-10(14)6-12(11)17/h3-4,6,8-9,17H,5,7H2,1-2H3. The lowest BCUT2D eigenvalue weighted by atomic mass is 10.2. The van der Waals surface area contributed by atoms with Gasteiger partial charge in [0.05, 0.1) is 5.56 Å². The van der Waals surface area contributed by atoms with E-state index in [1.54, 1.807) is 4.90 Å². The second kappa shape index (κ2) is 5.02. The van der Waals surface area contributed by atoms with E-state index < -0.39 is 0 Å². The van der Waals surface area contributed by atoms with Crippen LogP contribution in [0.15, 0.2) is 27.6 Å². The SMILES string of the molecule is CC1CC1CN(C)C(=O)c1ccc(Br)cc1S. The van der Waals surface area contributed by atoms with Crippen LogP contribution in [0.2, 0.25) is 0 Å². The van der Waals surface area contributed by atoms with Gasteiger partial charge in [0.15, 0.2) is 0 Å². The number of benzene rings is 1. The molecule has 0 saturated heterocycles. The molecule has 17 heavy (non-hydrogen) atoms. The molecule has 2 rings (SSSR count). The van der Waals surface area contributed by atoms with Crippen LogP contribution in [0.5, 0.6) is 0 Å². The Balaban J connectivity index is 2.07. The van der Waals surface area contributed by atoms with Crippen molar-refractivity contribution in [3.63, 3.8) is 0 Å². The van der Waals surface area contributed by atoms with Crippen LogP contribution in [0, 0.1) is 11.8 Å². The summed E-state index contributed by atoms with van der Waals surface area (Å²) in [6.07, 6.45) is 1.24. The second-order valence-corrected chi connectivity index (χ2v) is 6.22. The molecule has 1 aliphatic carbocycles. The highest BCUT2D eigenvalue weighted by Crippen LogP contribution is 2.38. The van der Waals surface area contributed by atoms with Gasteiger partial charge >= 0.3 is 0 Å². The van der Waals surface area contributed by atoms with Gasteiger partial charge in [-0.1, -0.05) is 22.9 Å². The van der Waals surface area contributed by atoms with Crippen LogP contribution < -0.4 is 0 Å². The van der Waals surface area contributed by atoms with Crippen molar-refractivity contribution in [2.75, 3.05) is 13.6 Å². The molecule has 2 nitrogen and oxygen atoms in total. The van der Waals surface area contributed by atoms with E-state index in [9.17, 15) is 4.79 Å². The van der Waals surface area contributed by atoms with Crippen LogP contribution in [-0.4, -0.2) is 24.4 Å². The molecule has 1 aromatic rings. The molecule has 1 amide bonds. The molecule has 0 spiro atoms. The third-order valence-corrected chi connectivity index (χ3v) is 4.18. The van der Waals surface area contributed by atoms with Crippen LogP contribution in [-0.2, 0) is 0 Å². The molecule has 1 aromatic carbocycles. The molecule has 0 aliphatic heterocycles. The normalized spacial score (nSPS) is 22.4. The predicted molar refractivity (Wildman–Crippen MR) is 75.6 cm³/mol. The van der Waals surface area contributed by atoms with Gasteiger partial charge in [0, 0.05) is 23.0 Å². The number of hydrogen-bond donors (Lipinski definition) is 1. The molecule has 1 fully saturated rings. The maximum Gasteiger partial charge on any atom is 0.254 e. The molecular formula is C13H16BrNOS. The number of nitrogens with zero attached hydrogens (tertiary/aromatic N) is 1. The fraction of sp³-hybridized carbons (Fsp3) is 0.462. The number of hydrogen-bond acceptors (Lipinski definition) is 2. The van der Waals surface area contributed by atoms with E-state index in [-0.39, 0.29) is 5.91 Å². The summed E-state index contributed by atoms with van der Waals surface area (Å²) < 4.78 is 0.942. The molecule has 1 aliphatic rings. The van der Waals surface area contributed by atoms with Gasteiger partial charge in [-0.05, 0) is 36.5 Å². The van der Waals surface area contributed by atoms with E-state index in [0.717, 1.165) is 21.8 Å². The van der Waals surface area contributed by atoms with E-state index in [1.807, 2.05) is 25.2 Å². The second-order valence-electron chi connectivity index (χ2n) is 4.82. The summed E-state index contributed by atoms with van der Waals surface area (Å²) in [7, 11) is 1.86. The van der Waals surface area contributed by atoms with Crippen molar-refractivity contribution in [2.24, 2.45) is 11.8 Å². The van der Waals surface area contributed by atoms with Gasteiger partial charge < -0.3 is 4.90 Å². The first kappa shape index (κ1) is 13.0. The Kier molecular flexibility index (Phi) is 3.83. The third-order valence-electron chi connectivity index (χ3n) is 3.32. The van der Waals surface area contributed by atoms with E-state index in [0.29, 0.717) is 11.5 Å². The average molecular weight is 314 g/mol. The van der Waals surface area contributed by atoms with Crippen molar-refractivity contribution < 1.29 is 4.79 Å². The number of carbonyl (C=O) groups is 1. The summed E-state index contributed by atoms with van der Waals surface area (Å²) in [5.74, 6) is 1.51. The van der Waals surface area contributed by atoms with Crippen LogP contribution >= 0.6 is 28.6 Å². The molecule has 0 bridgehead atoms. The van der Waals surface area contributed by atoms with E-state index >= 15 is 0 Å². The van der Waals surface area contributed by atoms with Gasteiger partial charge in [-0.25, -0.2) is 0 Å². The Hall–Kier alpha value is -0.480. The quantitative estimate of drug-likeness (QED) is 0.847. The van der Waals surface area contributed by atoms with Crippen molar-refractivity contribution in [1.82, 2.24) is 4.90 Å². The van der Waals surface area contributed by atoms with E-state index in [2.05, 4.69) is 35.5 Å². The first-order valence-electron chi connectivity index (χ1n) is 5.73. The van der Waals surface area contributed by atoms with Gasteiger partial charge in [0.1, 0.15) is 0 Å². The zero-order valence-corrected chi connectivity index (χ0v) is 12.5. The summed E-state index contributed by atoms with van der Waals surface area (Å²) in [4.78, 5) is 14.7. The largest absolute Gasteiger partial charge is 0.341 e. The number of rotatable bonds is 3. The van der Waals surface area contributed by atoms with Gasteiger partial charge in [-0.15, -0.1) is 12.6 Å². The first-order valence-corrected chi connectivity index (χ1v) is 6.97. The van der Waals surface area contributed by atoms with Crippen molar-refractivity contribution >= 4 is 34.5 Å². The average Bonchev–Trinajstić information content (AvgIpc) is 2.93. The summed E-state index contributed by atoms with van der Waals surface area (Å²) in [5, 5.41) is 0. The monoisotopic (exact) mass is 313 g/mol. The summed E-state index contributed by atoms with van der Waals surface area (Å²) in [6, 6.07) is 5.55. The highest BCUT2D eigenvalue weighted by Gasteiger charge is 2.34. The third kappa shape index (κ3) is 3.05. The van der Waals surface area contributed by atoms with Crippen molar-refractivity contribution in [3.05, 3.63) is 28.2 Å². The van der Waals surface area contributed by atoms with Gasteiger partial charge in [-0.2, -0.15) is 0 Å². The van der Waals surface area contributed by atoms with Crippen molar-refractivity contribution in [2.45, 2.75) is 18.2 Å². The minimum Gasteiger partial charge on any atom is -0.341 e. The molecule has 2 unspecified atom stereocenters. The number of amides is 1. The minimum atomic E-state index is 0.0570. The highest BCUT2D eigenvalue weighted by atomic mass is 79.9. The van der Waals surface area contributed by atoms with Gasteiger partial charge in [-0.3, -0.25) is 4.79 Å². The maximum atomic E-state index is 12.2. The molecule has 4 heteroatoms. The van der Waals surface area contributed by atoms with Crippen molar-refractivity contribution in [3.8, 4) is 0 Å². The highest BCUT2D eigenvalue weighted by molar-refractivity contribution is 9.10. The summed E-state index contributed by atoms with van der Waals surface area (Å²) in [5.41, 5.74) is 0.673. The lowest BCUT2D eigenvalue weighted by molar-refractivity contribution is 0.0783. The predicted octanol–water partition coefficient (Wildman–Crippen LogP) is 3.47. The number of thiol groups is 1.